The van der Waals surface area contributed by atoms with E-state index in [-0.39, 0.29) is 0 Å². The van der Waals surface area contributed by atoms with Crippen LogP contribution in [0.3, 0.4) is 0 Å². The number of hydrogen-bond acceptors (Lipinski definition) is 16. The van der Waals surface area contributed by atoms with E-state index in [1.807, 2.05) is 316 Å². The topological polar surface area (TPSA) is 216 Å². The Balaban J connectivity index is 0.788. The molecular weight excluding hydrogens is 1570 g/mol. The first-order valence-corrected chi connectivity index (χ1v) is 42.0. The second-order valence-corrected chi connectivity index (χ2v) is 30.9. The average molecular weight is 1640 g/mol. The maximum atomic E-state index is 5.41. The van der Waals surface area contributed by atoms with E-state index in [0.29, 0.717) is 87.4 Å². The van der Waals surface area contributed by atoms with Crippen LogP contribution in [0, 0.1) is 0 Å². The molecule has 0 saturated carbocycles. The van der Waals surface area contributed by atoms with Gasteiger partial charge in [0.15, 0.2) is 87.4 Å². The Bertz CT molecular complexity index is 7490. The maximum absolute atomic E-state index is 5.41. The summed E-state index contributed by atoms with van der Waals surface area (Å²) in [5.74, 6) is 7.81. The van der Waals surface area contributed by atoms with Crippen molar-refractivity contribution < 1.29 is 0 Å². The fraction of sp³-hybridized carbons (Fsp3) is 0. The summed E-state index contributed by atoms with van der Waals surface area (Å²) in [5, 5.41) is 3.58. The molecule has 128 heavy (non-hydrogen) atoms. The van der Waals surface area contributed by atoms with Crippen molar-refractivity contribution in [3.8, 4) is 193 Å². The molecule has 8 heterocycles. The van der Waals surface area contributed by atoms with Gasteiger partial charge < -0.3 is 9.13 Å². The molecular formula is C110H68N18. The minimum atomic E-state index is 0.461. The van der Waals surface area contributed by atoms with Gasteiger partial charge in [0.1, 0.15) is 0 Å². The van der Waals surface area contributed by atoms with Crippen molar-refractivity contribution in [2.24, 2.45) is 0 Å². The zero-order valence-corrected chi connectivity index (χ0v) is 68.3. The third-order valence-corrected chi connectivity index (χ3v) is 22.9. The first-order valence-electron chi connectivity index (χ1n) is 42.0. The van der Waals surface area contributed by atoms with Crippen LogP contribution in [0.25, 0.3) is 237 Å². The number of aromatic nitrogens is 18. The molecule has 0 radical (unpaired) electrons. The van der Waals surface area contributed by atoms with Gasteiger partial charge in [-0.2, -0.15) is 0 Å². The van der Waals surface area contributed by atoms with Crippen molar-refractivity contribution in [1.29, 1.82) is 0 Å². The van der Waals surface area contributed by atoms with E-state index in [0.717, 1.165) is 150 Å². The SMILES string of the molecule is c1ccc(-c2nc(-c3ccccc3)nc(-c3ccc(-c4cnccc4-n4c5ccc(-c6nc(-c7ccccc7)nc(-c7ccccc7)n6)cc5c5cc(-c6nc(-c7ccccc7)nc(-c7ccccc7)n6)ccc54)c(-n4c5ccc(-c6nc(-c7ccccc7)nc(-c7ccccc7)n6)cc5c5cc(-c6nc(-c7ccccc7)nc(-c7ccccc7)n6)ccc54)c3)n2)cc1. The van der Waals surface area contributed by atoms with E-state index in [9.17, 15) is 0 Å². The van der Waals surface area contributed by atoms with E-state index in [4.69, 9.17) is 79.7 Å². The quantitative estimate of drug-likeness (QED) is 0.0780. The Morgan fingerprint density at radius 3 is 0.531 bits per heavy atom. The summed E-state index contributed by atoms with van der Waals surface area (Å²) in [6, 6.07) is 135. The van der Waals surface area contributed by atoms with Crippen LogP contribution in [0.5, 0.6) is 0 Å². The Morgan fingerprint density at radius 2 is 0.320 bits per heavy atom. The van der Waals surface area contributed by atoms with Crippen molar-refractivity contribution in [3.05, 3.63) is 413 Å². The van der Waals surface area contributed by atoms with Gasteiger partial charge in [-0.1, -0.05) is 315 Å². The second-order valence-electron chi connectivity index (χ2n) is 30.9. The molecule has 0 bridgehead atoms. The van der Waals surface area contributed by atoms with Crippen LogP contribution in [0.15, 0.2) is 413 Å². The zero-order chi connectivity index (χ0) is 84.8. The number of nitrogens with zero attached hydrogens (tertiary/aromatic N) is 18. The Hall–Kier alpha value is -17.9. The highest BCUT2D eigenvalue weighted by molar-refractivity contribution is 6.14. The average Bonchev–Trinajstić information content (AvgIpc) is 1.53. The van der Waals surface area contributed by atoms with Crippen LogP contribution in [0.4, 0.5) is 0 Å². The summed E-state index contributed by atoms with van der Waals surface area (Å²) in [7, 11) is 0. The van der Waals surface area contributed by atoms with Crippen LogP contribution in [-0.2, 0) is 0 Å². The molecule has 8 aromatic heterocycles. The third-order valence-electron chi connectivity index (χ3n) is 22.9. The highest BCUT2D eigenvalue weighted by Gasteiger charge is 2.28. The summed E-state index contributed by atoms with van der Waals surface area (Å²) in [6.07, 6.45) is 3.83. The van der Waals surface area contributed by atoms with Crippen LogP contribution in [0.1, 0.15) is 0 Å². The number of rotatable bonds is 18. The molecule has 23 aromatic rings. The molecule has 0 saturated heterocycles. The van der Waals surface area contributed by atoms with Crippen molar-refractivity contribution in [1.82, 2.24) is 88.9 Å². The summed E-state index contributed by atoms with van der Waals surface area (Å²) in [5.41, 5.74) is 19.0. The van der Waals surface area contributed by atoms with E-state index < -0.39 is 0 Å². The van der Waals surface area contributed by atoms with Gasteiger partial charge >= 0.3 is 0 Å². The van der Waals surface area contributed by atoms with Gasteiger partial charge in [0.05, 0.1) is 33.4 Å². The van der Waals surface area contributed by atoms with E-state index in [2.05, 4.69) is 106 Å². The standard InChI is InChI=1S/C110H68N18/c1-11-31-69(32-12-1)96-112-97(70-33-13-2-14-34-70)118-106(117-96)79-52-57-90-85(63-79)86-64-80(107-119-98(71-35-15-3-16-36-71)113-99(120-107)72-37-17-4-18-38-72)53-58-91(86)127(90)94-61-62-111-68-89(94)84-56-51-83(110-125-104(77-47-27-9-28-48-77)116-105(126-110)78-49-29-10-30-50-78)67-95(84)128-92-59-54-81(108-121-100(73-39-19-5-20-40-73)114-101(122-108)74-41-21-6-22-42-74)65-87(92)88-66-82(55-60-93(88)128)109-123-102(75-43-23-7-24-44-75)115-103(124-109)76-45-25-8-26-46-76/h1-68H. The first kappa shape index (κ1) is 75.1. The van der Waals surface area contributed by atoms with Gasteiger partial charge in [-0.05, 0) is 84.9 Å². The Kier molecular flexibility index (Phi) is 19.1. The van der Waals surface area contributed by atoms with Gasteiger partial charge in [-0.15, -0.1) is 0 Å². The van der Waals surface area contributed by atoms with Crippen molar-refractivity contribution >= 4 is 43.6 Å². The summed E-state index contributed by atoms with van der Waals surface area (Å²) < 4.78 is 4.68. The minimum absolute atomic E-state index is 0.461. The second kappa shape index (κ2) is 32.5. The zero-order valence-electron chi connectivity index (χ0n) is 68.3. The van der Waals surface area contributed by atoms with Crippen molar-refractivity contribution in [2.75, 3.05) is 0 Å². The van der Waals surface area contributed by atoms with E-state index in [1.165, 1.54) is 0 Å². The molecule has 0 unspecified atom stereocenters. The summed E-state index contributed by atoms with van der Waals surface area (Å²) in [6.45, 7) is 0. The minimum Gasteiger partial charge on any atom is -0.309 e. The van der Waals surface area contributed by atoms with Crippen molar-refractivity contribution in [2.45, 2.75) is 0 Å². The van der Waals surface area contributed by atoms with Crippen molar-refractivity contribution in [3.63, 3.8) is 0 Å². The fourth-order valence-electron chi connectivity index (χ4n) is 16.7. The molecule has 18 heteroatoms. The molecule has 18 nitrogen and oxygen atoms in total. The lowest BCUT2D eigenvalue weighted by Gasteiger charge is -2.19. The normalized spacial score (nSPS) is 11.4. The molecule has 0 spiro atoms. The third kappa shape index (κ3) is 14.3. The largest absolute Gasteiger partial charge is 0.309 e. The van der Waals surface area contributed by atoms with Gasteiger partial charge in [0.2, 0.25) is 0 Å². The molecule has 0 fully saturated rings. The summed E-state index contributed by atoms with van der Waals surface area (Å²) in [4.78, 5) is 84.1. The highest BCUT2D eigenvalue weighted by atomic mass is 15.1. The van der Waals surface area contributed by atoms with Gasteiger partial charge in [0, 0.05) is 129 Å². The number of hydrogen-bond donors (Lipinski definition) is 0. The van der Waals surface area contributed by atoms with Crippen LogP contribution in [-0.4, -0.2) is 88.9 Å². The van der Waals surface area contributed by atoms with Gasteiger partial charge in [0.25, 0.3) is 0 Å². The predicted molar refractivity (Wildman–Crippen MR) is 507 cm³/mol. The number of pyridine rings is 1. The molecule has 0 aliphatic rings. The fourth-order valence-corrected chi connectivity index (χ4v) is 16.7. The molecule has 0 aliphatic carbocycles. The Labute approximate surface area is 734 Å². The van der Waals surface area contributed by atoms with Gasteiger partial charge in [-0.3, -0.25) is 4.98 Å². The van der Waals surface area contributed by atoms with E-state index in [1.54, 1.807) is 0 Å². The maximum Gasteiger partial charge on any atom is 0.164 e. The lowest BCUT2D eigenvalue weighted by atomic mass is 10.00. The van der Waals surface area contributed by atoms with Crippen LogP contribution < -0.4 is 0 Å². The highest BCUT2D eigenvalue weighted by Crippen LogP contribution is 2.46. The summed E-state index contributed by atoms with van der Waals surface area (Å²) >= 11 is 0. The number of fused-ring (bicyclic) bond motifs is 6. The molecule has 0 amide bonds. The molecule has 0 aliphatic heterocycles. The van der Waals surface area contributed by atoms with Gasteiger partial charge in [-0.25, -0.2) is 74.8 Å². The monoisotopic (exact) mass is 1640 g/mol. The first-order chi connectivity index (χ1) is 63.4. The lowest BCUT2D eigenvalue weighted by molar-refractivity contribution is 1.07. The van der Waals surface area contributed by atoms with E-state index >= 15 is 0 Å². The Morgan fingerprint density at radius 1 is 0.141 bits per heavy atom. The molecule has 598 valence electrons. The van der Waals surface area contributed by atoms with Crippen LogP contribution in [0.2, 0.25) is 0 Å². The smallest absolute Gasteiger partial charge is 0.164 e. The molecule has 15 aromatic carbocycles. The molecule has 23 rings (SSSR count). The van der Waals surface area contributed by atoms with Crippen LogP contribution >= 0.6 is 0 Å². The number of benzene rings is 15. The predicted octanol–water partition coefficient (Wildman–Crippen LogP) is 24.9. The lowest BCUT2D eigenvalue weighted by Crippen LogP contribution is -2.04. The molecule has 0 atom stereocenters. The molecule has 0 N–H and O–H groups in total.